The SMILES string of the molecule is FC(F)(F)c1ccc(Cc2nc(-c3ncn[nH]3)no2)cc1. The number of aromatic nitrogens is 5. The Bertz CT molecular complexity index is 718. The Kier molecular flexibility index (Phi) is 3.16. The van der Waals surface area contributed by atoms with Gasteiger partial charge in [-0.1, -0.05) is 17.3 Å². The summed E-state index contributed by atoms with van der Waals surface area (Å²) in [6.07, 6.45) is -2.80. The fraction of sp³-hybridized carbons (Fsp3) is 0.167. The van der Waals surface area contributed by atoms with E-state index < -0.39 is 11.7 Å². The topological polar surface area (TPSA) is 80.5 Å². The van der Waals surface area contributed by atoms with Crippen molar-refractivity contribution in [2.75, 3.05) is 0 Å². The van der Waals surface area contributed by atoms with E-state index in [1.165, 1.54) is 18.5 Å². The molecule has 0 atom stereocenters. The molecule has 0 bridgehead atoms. The van der Waals surface area contributed by atoms with Gasteiger partial charge < -0.3 is 4.52 Å². The third-order valence-corrected chi connectivity index (χ3v) is 2.73. The van der Waals surface area contributed by atoms with Crippen molar-refractivity contribution < 1.29 is 17.7 Å². The van der Waals surface area contributed by atoms with Gasteiger partial charge in [0.25, 0.3) is 0 Å². The molecule has 1 N–H and O–H groups in total. The van der Waals surface area contributed by atoms with Crippen molar-refractivity contribution in [1.29, 1.82) is 0 Å². The maximum atomic E-state index is 12.4. The van der Waals surface area contributed by atoms with Gasteiger partial charge in [-0.05, 0) is 17.7 Å². The maximum Gasteiger partial charge on any atom is 0.416 e. The number of alkyl halides is 3. The normalized spacial score (nSPS) is 11.8. The summed E-state index contributed by atoms with van der Waals surface area (Å²) in [4.78, 5) is 7.95. The summed E-state index contributed by atoms with van der Waals surface area (Å²) < 4.78 is 42.4. The van der Waals surface area contributed by atoms with Crippen LogP contribution in [0, 0.1) is 0 Å². The largest absolute Gasteiger partial charge is 0.416 e. The summed E-state index contributed by atoms with van der Waals surface area (Å²) >= 11 is 0. The second-order valence-electron chi connectivity index (χ2n) is 4.22. The van der Waals surface area contributed by atoms with Gasteiger partial charge >= 0.3 is 6.18 Å². The molecule has 0 aliphatic carbocycles. The van der Waals surface area contributed by atoms with E-state index in [4.69, 9.17) is 4.52 Å². The van der Waals surface area contributed by atoms with Crippen LogP contribution in [0.2, 0.25) is 0 Å². The van der Waals surface area contributed by atoms with Crippen LogP contribution in [0.1, 0.15) is 17.0 Å². The third-order valence-electron chi connectivity index (χ3n) is 2.73. The number of rotatable bonds is 3. The van der Waals surface area contributed by atoms with Gasteiger partial charge in [0.2, 0.25) is 11.7 Å². The van der Waals surface area contributed by atoms with Crippen LogP contribution >= 0.6 is 0 Å². The van der Waals surface area contributed by atoms with E-state index in [0.717, 1.165) is 12.1 Å². The number of hydrogen-bond acceptors (Lipinski definition) is 5. The van der Waals surface area contributed by atoms with Gasteiger partial charge in [0.15, 0.2) is 5.82 Å². The van der Waals surface area contributed by atoms with Gasteiger partial charge in [-0.2, -0.15) is 23.3 Å². The lowest BCUT2D eigenvalue weighted by atomic mass is 10.1. The van der Waals surface area contributed by atoms with Crippen molar-refractivity contribution >= 4 is 0 Å². The molecule has 1 aromatic carbocycles. The van der Waals surface area contributed by atoms with Crippen LogP contribution in [0.4, 0.5) is 13.2 Å². The zero-order valence-corrected chi connectivity index (χ0v) is 10.4. The van der Waals surface area contributed by atoms with Crippen LogP contribution in [0.15, 0.2) is 35.1 Å². The van der Waals surface area contributed by atoms with Crippen LogP contribution in [-0.4, -0.2) is 25.3 Å². The fourth-order valence-electron chi connectivity index (χ4n) is 1.72. The molecule has 0 aliphatic rings. The number of hydrogen-bond donors (Lipinski definition) is 1. The molecular formula is C12H8F3N5O. The molecule has 9 heteroatoms. The van der Waals surface area contributed by atoms with Crippen molar-refractivity contribution in [3.05, 3.63) is 47.6 Å². The first-order chi connectivity index (χ1) is 10.0. The standard InChI is InChI=1S/C12H8F3N5O/c13-12(14,15)8-3-1-7(2-4-8)5-9-18-11(20-21-9)10-16-6-17-19-10/h1-4,6H,5H2,(H,16,17,19). The predicted octanol–water partition coefficient (Wildman–Crippen LogP) is 2.46. The second kappa shape index (κ2) is 5.00. The van der Waals surface area contributed by atoms with Gasteiger partial charge in [0.1, 0.15) is 6.33 Å². The highest BCUT2D eigenvalue weighted by Gasteiger charge is 2.29. The Morgan fingerprint density at radius 3 is 2.52 bits per heavy atom. The average Bonchev–Trinajstić information content (AvgIpc) is 3.08. The molecule has 6 nitrogen and oxygen atoms in total. The number of benzene rings is 1. The first kappa shape index (κ1) is 13.3. The molecule has 2 aromatic heterocycles. The lowest BCUT2D eigenvalue weighted by Gasteiger charge is -2.06. The molecule has 3 rings (SSSR count). The van der Waals surface area contributed by atoms with E-state index >= 15 is 0 Å². The average molecular weight is 295 g/mol. The smallest absolute Gasteiger partial charge is 0.339 e. The molecule has 3 aromatic rings. The van der Waals surface area contributed by atoms with Crippen LogP contribution in [-0.2, 0) is 12.6 Å². The summed E-state index contributed by atoms with van der Waals surface area (Å²) in [7, 11) is 0. The molecule has 108 valence electrons. The van der Waals surface area contributed by atoms with E-state index in [-0.39, 0.29) is 18.1 Å². The number of H-pyrrole nitrogens is 1. The van der Waals surface area contributed by atoms with Crippen LogP contribution in [0.3, 0.4) is 0 Å². The molecule has 0 spiro atoms. The van der Waals surface area contributed by atoms with Crippen LogP contribution < -0.4 is 0 Å². The summed E-state index contributed by atoms with van der Waals surface area (Å²) in [5.74, 6) is 0.882. The Balaban J connectivity index is 1.75. The predicted molar refractivity (Wildman–Crippen MR) is 63.9 cm³/mol. The molecule has 0 aliphatic heterocycles. The number of aromatic amines is 1. The van der Waals surface area contributed by atoms with Crippen LogP contribution in [0.25, 0.3) is 11.6 Å². The molecule has 2 heterocycles. The van der Waals surface area contributed by atoms with Gasteiger partial charge in [-0.15, -0.1) is 0 Å². The zero-order valence-electron chi connectivity index (χ0n) is 10.4. The number of nitrogens with zero attached hydrogens (tertiary/aromatic N) is 4. The van der Waals surface area contributed by atoms with E-state index in [0.29, 0.717) is 11.4 Å². The maximum absolute atomic E-state index is 12.4. The molecule has 0 fully saturated rings. The lowest BCUT2D eigenvalue weighted by Crippen LogP contribution is -2.04. The molecule has 0 amide bonds. The molecule has 0 radical (unpaired) electrons. The van der Waals surface area contributed by atoms with Crippen molar-refractivity contribution in [3.8, 4) is 11.6 Å². The summed E-state index contributed by atoms with van der Waals surface area (Å²) in [6, 6.07) is 4.79. The van der Waals surface area contributed by atoms with Crippen molar-refractivity contribution in [3.63, 3.8) is 0 Å². The van der Waals surface area contributed by atoms with Gasteiger partial charge in [0.05, 0.1) is 12.0 Å². The Hall–Kier alpha value is -2.71. The monoisotopic (exact) mass is 295 g/mol. The summed E-state index contributed by atoms with van der Waals surface area (Å²) in [6.45, 7) is 0. The molecule has 0 saturated heterocycles. The fourth-order valence-corrected chi connectivity index (χ4v) is 1.72. The van der Waals surface area contributed by atoms with Crippen molar-refractivity contribution in [2.24, 2.45) is 0 Å². The number of nitrogens with one attached hydrogen (secondary N) is 1. The van der Waals surface area contributed by atoms with Crippen molar-refractivity contribution in [2.45, 2.75) is 12.6 Å². The minimum absolute atomic E-state index is 0.235. The Labute approximate surface area is 116 Å². The molecular weight excluding hydrogens is 287 g/mol. The quantitative estimate of drug-likeness (QED) is 0.802. The zero-order chi connectivity index (χ0) is 14.9. The van der Waals surface area contributed by atoms with Crippen molar-refractivity contribution in [1.82, 2.24) is 25.3 Å². The Morgan fingerprint density at radius 1 is 1.14 bits per heavy atom. The first-order valence-electron chi connectivity index (χ1n) is 5.87. The minimum atomic E-state index is -4.34. The van der Waals surface area contributed by atoms with E-state index in [2.05, 4.69) is 25.3 Å². The number of halogens is 3. The highest BCUT2D eigenvalue weighted by atomic mass is 19.4. The second-order valence-corrected chi connectivity index (χ2v) is 4.22. The third kappa shape index (κ3) is 2.91. The Morgan fingerprint density at radius 2 is 1.90 bits per heavy atom. The molecule has 0 unspecified atom stereocenters. The first-order valence-corrected chi connectivity index (χ1v) is 5.87. The highest BCUT2D eigenvalue weighted by molar-refractivity contribution is 5.40. The van der Waals surface area contributed by atoms with E-state index in [1.54, 1.807) is 0 Å². The van der Waals surface area contributed by atoms with Crippen LogP contribution in [0.5, 0.6) is 0 Å². The van der Waals surface area contributed by atoms with E-state index in [1.807, 2.05) is 0 Å². The lowest BCUT2D eigenvalue weighted by molar-refractivity contribution is -0.137. The summed E-state index contributed by atoms with van der Waals surface area (Å²) in [5, 5.41) is 9.96. The summed E-state index contributed by atoms with van der Waals surface area (Å²) in [5.41, 5.74) is -0.0603. The van der Waals surface area contributed by atoms with Gasteiger partial charge in [-0.25, -0.2) is 4.98 Å². The van der Waals surface area contributed by atoms with E-state index in [9.17, 15) is 13.2 Å². The molecule has 21 heavy (non-hydrogen) atoms. The minimum Gasteiger partial charge on any atom is -0.339 e. The highest BCUT2D eigenvalue weighted by Crippen LogP contribution is 2.29. The van der Waals surface area contributed by atoms with Gasteiger partial charge in [0, 0.05) is 0 Å². The molecule has 0 saturated carbocycles. The van der Waals surface area contributed by atoms with Gasteiger partial charge in [-0.3, -0.25) is 5.10 Å².